The molecular formula is C71H84Cl4F2N10O16. The second-order valence-corrected chi connectivity index (χ2v) is 31.0. The Balaban J connectivity index is 0.000000185. The van der Waals surface area contributed by atoms with Crippen LogP contribution in [0.3, 0.4) is 0 Å². The Hall–Kier alpha value is -7.80. The Kier molecular flexibility index (Phi) is 23.8. The molecule has 4 saturated heterocycles. The van der Waals surface area contributed by atoms with E-state index in [-0.39, 0.29) is 86.7 Å². The number of nitrogens with zero attached hydrogens (tertiary/aromatic N) is 6. The molecule has 6 fully saturated rings. The Morgan fingerprint density at radius 2 is 1.01 bits per heavy atom. The number of methoxy groups -OCH3 is 2. The molecule has 103 heavy (non-hydrogen) atoms. The van der Waals surface area contributed by atoms with Gasteiger partial charge in [0.1, 0.15) is 23.0 Å². The number of hydrogen-bond acceptors (Lipinski definition) is 19. The average molecular weight is 1510 g/mol. The smallest absolute Gasteiger partial charge is 0.341 e. The number of carbonyl (C=O) groups excluding carboxylic acids is 3. The number of anilines is 2. The highest BCUT2D eigenvalue weighted by Gasteiger charge is 2.43. The summed E-state index contributed by atoms with van der Waals surface area (Å²) in [4.78, 5) is 103. The number of alkyl halides is 4. The summed E-state index contributed by atoms with van der Waals surface area (Å²) >= 11 is 23.2. The van der Waals surface area contributed by atoms with E-state index < -0.39 is 95.5 Å². The topological polar surface area (TPSA) is 353 Å². The van der Waals surface area contributed by atoms with Crippen molar-refractivity contribution in [3.63, 3.8) is 0 Å². The summed E-state index contributed by atoms with van der Waals surface area (Å²) in [5.74, 6) is -3.05. The van der Waals surface area contributed by atoms with Crippen molar-refractivity contribution in [1.82, 2.24) is 30.4 Å². The third kappa shape index (κ3) is 16.1. The van der Waals surface area contributed by atoms with Crippen LogP contribution in [0.1, 0.15) is 157 Å². The Morgan fingerprint density at radius 3 is 1.36 bits per heavy atom. The molecule has 6 aromatic rings. The molecule has 8 N–H and O–H groups in total. The summed E-state index contributed by atoms with van der Waals surface area (Å²) in [6.07, 6.45) is 4.62. The molecule has 0 radical (unpaired) electrons. The molecule has 12 rings (SSSR count). The molecule has 0 bridgehead atoms. The van der Waals surface area contributed by atoms with E-state index in [9.17, 15) is 69.4 Å². The third-order valence-electron chi connectivity index (χ3n) is 20.5. The normalized spacial score (nSPS) is 19.9. The number of nitrogens with one attached hydrogen (secondary N) is 4. The molecule has 2 aromatic heterocycles. The number of nitro benzene ring substituents is 2. The molecule has 2 amide bonds. The minimum atomic E-state index is -1.87. The van der Waals surface area contributed by atoms with Gasteiger partial charge in [0.05, 0.1) is 76.2 Å². The van der Waals surface area contributed by atoms with Gasteiger partial charge in [0.25, 0.3) is 23.2 Å². The maximum Gasteiger partial charge on any atom is 0.341 e. The summed E-state index contributed by atoms with van der Waals surface area (Å²) in [5, 5.41) is 74.2. The van der Waals surface area contributed by atoms with E-state index >= 15 is 8.78 Å². The van der Waals surface area contributed by atoms with Crippen molar-refractivity contribution in [2.75, 3.05) is 69.9 Å². The molecule has 6 aliphatic rings. The van der Waals surface area contributed by atoms with E-state index in [4.69, 9.17) is 55.9 Å². The fourth-order valence-corrected chi connectivity index (χ4v) is 15.1. The van der Waals surface area contributed by atoms with Crippen molar-refractivity contribution in [3.05, 3.63) is 146 Å². The summed E-state index contributed by atoms with van der Waals surface area (Å²) in [6, 6.07) is 8.66. The number of rotatable bonds is 22. The number of fused-ring (bicyclic) bond motifs is 4. The molecular weight excluding hydrogens is 1430 g/mol. The van der Waals surface area contributed by atoms with Gasteiger partial charge in [0.15, 0.2) is 37.6 Å². The molecule has 0 spiro atoms. The number of carboxylic acids is 1. The number of ether oxygens (including phenoxy) is 2. The standard InChI is InChI=1S/C36H42Cl2FN5O7.C23H28FN3O4.C12H14Cl2N2O5/c1-18-27-30(34(51-4)31(29(18)39)42-16-21-6-5-15-40-25(21)17-42)43(22-11-12-22)19(2)28(33(27)47)26(45)14-13-24(41-35(48)36(3,37)38)32(46)20-7-9-23(10-8-20)44(49)50;1-11-16-19(27(14-6-7-14)12(2)17(21(16)28)23(29)30)22(31-3)20(18(11)24)26-9-13-5-4-8-25-15(13)10-26;1-12(13,14)11(19)15-9(6-17)10(18)7-2-4-8(5-3-7)16(20)21/h7-10,21-22,24-25,32,40,46H,5-6,11-17H2,1-4H3,(H,41,48);13-15,25H,4-10H2,1-3H3,(H,29,30);2-5,9-10,17-18H,6H2,1H3,(H,15,19)/t21?,24-,25?,32-;;9-,10-/m1.1/s1. The van der Waals surface area contributed by atoms with Crippen molar-refractivity contribution < 1.29 is 67.7 Å². The lowest BCUT2D eigenvalue weighted by atomic mass is 9.93. The summed E-state index contributed by atoms with van der Waals surface area (Å²) in [7, 11) is 2.97. The quantitative estimate of drug-likeness (QED) is 0.0136. The van der Waals surface area contributed by atoms with Gasteiger partial charge in [0.2, 0.25) is 10.9 Å². The van der Waals surface area contributed by atoms with Crippen molar-refractivity contribution in [1.29, 1.82) is 0 Å². The number of piperidine rings is 2. The monoisotopic (exact) mass is 1510 g/mol. The predicted molar refractivity (Wildman–Crippen MR) is 386 cm³/mol. The first kappa shape index (κ1) is 77.8. The number of ketones is 1. The minimum Gasteiger partial charge on any atom is -0.492 e. The SMILES string of the molecule is CC(Cl)(Cl)C(=O)N[C@H](CO)[C@H](O)c1ccc([N+](=O)[O-])cc1.COc1c(N2CC3CCCNC3C2)c(F)c(C)c2c(=O)c(C(=O)CC[C@@H](NC(=O)C(C)(Cl)Cl)[C@H](O)c3ccc([N+](=O)[O-])cc3)c(C)n(C3CC3)c12.COc1c(N2CC3CCCNC3C2)c(F)c(C)c2c(=O)c(C(=O)O)c(C)n(C3CC3)c12. The number of aromatic nitrogens is 2. The third-order valence-corrected chi connectivity index (χ3v) is 21.2. The van der Waals surface area contributed by atoms with Crippen LogP contribution in [0.4, 0.5) is 31.5 Å². The van der Waals surface area contributed by atoms with Crippen LogP contribution in [0.2, 0.25) is 0 Å². The van der Waals surface area contributed by atoms with E-state index in [1.807, 2.05) is 18.9 Å². The first-order chi connectivity index (χ1) is 48.6. The van der Waals surface area contributed by atoms with Crippen LogP contribution in [0.15, 0.2) is 58.1 Å². The van der Waals surface area contributed by atoms with E-state index in [0.717, 1.165) is 71.0 Å². The number of halogens is 6. The summed E-state index contributed by atoms with van der Waals surface area (Å²) in [5.41, 5.74) is 1.43. The Labute approximate surface area is 611 Å². The molecule has 2 aliphatic carbocycles. The van der Waals surface area contributed by atoms with E-state index in [1.165, 1.54) is 76.6 Å². The average Bonchev–Trinajstić information content (AvgIpc) is 1.65. The molecule has 32 heteroatoms. The second kappa shape index (κ2) is 31.5. The molecule has 8 atom stereocenters. The lowest BCUT2D eigenvalue weighted by molar-refractivity contribution is -0.385. The van der Waals surface area contributed by atoms with Gasteiger partial charge in [-0.1, -0.05) is 46.4 Å². The fourth-order valence-electron chi connectivity index (χ4n) is 14.9. The van der Waals surface area contributed by atoms with Crippen LogP contribution in [0.5, 0.6) is 11.5 Å². The number of carboxylic acid groups (broad SMARTS) is 1. The second-order valence-electron chi connectivity index (χ2n) is 27.6. The molecule has 4 aromatic carbocycles. The molecule has 6 heterocycles. The van der Waals surface area contributed by atoms with Gasteiger partial charge in [-0.3, -0.25) is 44.2 Å². The highest BCUT2D eigenvalue weighted by atomic mass is 35.5. The van der Waals surface area contributed by atoms with Gasteiger partial charge in [-0.05, 0) is 160 Å². The maximum atomic E-state index is 16.6. The molecule has 556 valence electrons. The van der Waals surface area contributed by atoms with Gasteiger partial charge in [-0.2, -0.15) is 0 Å². The molecule has 4 unspecified atom stereocenters. The van der Waals surface area contributed by atoms with Gasteiger partial charge in [-0.25, -0.2) is 13.6 Å². The van der Waals surface area contributed by atoms with Crippen LogP contribution in [0, 0.1) is 71.4 Å². The number of benzene rings is 4. The zero-order valence-electron chi connectivity index (χ0n) is 58.1. The fraction of sp³-hybridized carbons (Fsp3) is 0.521. The van der Waals surface area contributed by atoms with Gasteiger partial charge < -0.3 is 70.1 Å². The van der Waals surface area contributed by atoms with Crippen LogP contribution in [0.25, 0.3) is 21.8 Å². The van der Waals surface area contributed by atoms with Crippen LogP contribution >= 0.6 is 46.4 Å². The van der Waals surface area contributed by atoms with Crippen molar-refractivity contribution in [2.45, 2.75) is 163 Å². The van der Waals surface area contributed by atoms with Crippen LogP contribution in [-0.4, -0.2) is 156 Å². The van der Waals surface area contributed by atoms with Crippen LogP contribution < -0.4 is 51.4 Å². The first-order valence-corrected chi connectivity index (χ1v) is 35.6. The predicted octanol–water partition coefficient (Wildman–Crippen LogP) is 9.86. The van der Waals surface area contributed by atoms with Crippen molar-refractivity contribution >= 4 is 115 Å². The number of amides is 2. The van der Waals surface area contributed by atoms with E-state index in [0.29, 0.717) is 82.6 Å². The Morgan fingerprint density at radius 1 is 0.631 bits per heavy atom. The maximum absolute atomic E-state index is 16.6. The van der Waals surface area contributed by atoms with Crippen molar-refractivity contribution in [3.8, 4) is 11.5 Å². The number of aliphatic hydroxyl groups excluding tert-OH is 3. The highest BCUT2D eigenvalue weighted by Crippen LogP contribution is 2.50. The van der Waals surface area contributed by atoms with Crippen molar-refractivity contribution in [2.24, 2.45) is 11.8 Å². The molecule has 2 saturated carbocycles. The van der Waals surface area contributed by atoms with Gasteiger partial charge in [0, 0.05) is 104 Å². The number of carbonyl (C=O) groups is 4. The molecule has 26 nitrogen and oxygen atoms in total. The number of aliphatic hydroxyl groups is 3. The summed E-state index contributed by atoms with van der Waals surface area (Å²) in [6.45, 7) is 13.0. The number of aryl methyl sites for hydroxylation is 2. The minimum absolute atomic E-state index is 0.0183. The lowest BCUT2D eigenvalue weighted by Gasteiger charge is -2.28. The number of pyridine rings is 2. The molecule has 4 aliphatic heterocycles. The van der Waals surface area contributed by atoms with E-state index in [1.54, 1.807) is 27.7 Å². The highest BCUT2D eigenvalue weighted by molar-refractivity contribution is 6.58. The lowest BCUT2D eigenvalue weighted by Crippen LogP contribution is -2.47. The van der Waals surface area contributed by atoms with Crippen LogP contribution in [-0.2, 0) is 9.59 Å². The zero-order chi connectivity index (χ0) is 75.2. The largest absolute Gasteiger partial charge is 0.492 e. The zero-order valence-corrected chi connectivity index (χ0v) is 61.1. The summed E-state index contributed by atoms with van der Waals surface area (Å²) < 4.78 is 44.4. The number of non-ortho nitro benzene ring substituents is 2. The number of hydrogen-bond donors (Lipinski definition) is 8. The Bertz CT molecular complexity index is 4400. The van der Waals surface area contributed by atoms with Gasteiger partial charge in [-0.15, -0.1) is 0 Å². The first-order valence-electron chi connectivity index (χ1n) is 34.1. The van der Waals surface area contributed by atoms with E-state index in [2.05, 4.69) is 21.3 Å². The number of nitro groups is 2. The number of Topliss-reactive ketones (excluding diaryl/α,β-unsaturated/α-hetero) is 1. The number of aromatic carboxylic acids is 1. The van der Waals surface area contributed by atoms with Gasteiger partial charge >= 0.3 is 5.97 Å².